The quantitative estimate of drug-likeness (QED) is 0.277. The number of pyridine rings is 2. The Hall–Kier alpha value is -4.64. The highest BCUT2D eigenvalue weighted by atomic mass is 16.2. The molecule has 0 aliphatic rings. The lowest BCUT2D eigenvalue weighted by atomic mass is 10.0. The molecule has 3 aromatic carbocycles. The first-order chi connectivity index (χ1) is 16.7. The second kappa shape index (κ2) is 9.46. The highest BCUT2D eigenvalue weighted by molar-refractivity contribution is 6.13. The molecule has 5 nitrogen and oxygen atoms in total. The maximum atomic E-state index is 13.4. The normalized spacial score (nSPS) is 11.4. The van der Waals surface area contributed by atoms with Gasteiger partial charge in [-0.3, -0.25) is 9.78 Å². The van der Waals surface area contributed by atoms with Gasteiger partial charge in [-0.05, 0) is 31.2 Å². The highest BCUT2D eigenvalue weighted by Crippen LogP contribution is 2.25. The van der Waals surface area contributed by atoms with Crippen LogP contribution in [-0.2, 0) is 0 Å². The number of hydrogen-bond donors (Lipinski definition) is 1. The smallest absolute Gasteiger partial charge is 0.267 e. The molecule has 0 aliphatic carbocycles. The van der Waals surface area contributed by atoms with E-state index >= 15 is 0 Å². The van der Waals surface area contributed by atoms with Crippen molar-refractivity contribution in [1.29, 1.82) is 0 Å². The minimum atomic E-state index is -0.309. The van der Waals surface area contributed by atoms with Crippen molar-refractivity contribution < 1.29 is 4.79 Å². The minimum absolute atomic E-state index is 0.309. The van der Waals surface area contributed by atoms with Crippen LogP contribution in [0.25, 0.3) is 22.2 Å². The van der Waals surface area contributed by atoms with Gasteiger partial charge in [0.15, 0.2) is 0 Å². The van der Waals surface area contributed by atoms with Crippen LogP contribution < -0.4 is 5.43 Å². The molecule has 2 heterocycles. The summed E-state index contributed by atoms with van der Waals surface area (Å²) < 4.78 is 0. The minimum Gasteiger partial charge on any atom is -0.267 e. The molecule has 0 spiro atoms. The Bertz CT molecular complexity index is 1440. The number of hydrogen-bond acceptors (Lipinski definition) is 4. The number of nitrogens with one attached hydrogen (secondary N) is 1. The molecule has 0 aliphatic heterocycles. The Labute approximate surface area is 197 Å². The zero-order valence-corrected chi connectivity index (χ0v) is 18.6. The highest BCUT2D eigenvalue weighted by Gasteiger charge is 2.15. The van der Waals surface area contributed by atoms with Gasteiger partial charge in [0.05, 0.1) is 22.5 Å². The van der Waals surface area contributed by atoms with Crippen LogP contribution in [0.4, 0.5) is 0 Å². The van der Waals surface area contributed by atoms with Gasteiger partial charge in [-0.1, -0.05) is 84.4 Å². The summed E-state index contributed by atoms with van der Waals surface area (Å²) in [6.07, 6.45) is 1.71. The number of nitrogens with zero attached hydrogens (tertiary/aromatic N) is 3. The zero-order chi connectivity index (χ0) is 23.3. The van der Waals surface area contributed by atoms with Crippen LogP contribution in [0.15, 0.2) is 114 Å². The van der Waals surface area contributed by atoms with Crippen molar-refractivity contribution in [2.24, 2.45) is 5.10 Å². The molecule has 2 aromatic heterocycles. The van der Waals surface area contributed by atoms with Gasteiger partial charge < -0.3 is 0 Å². The van der Waals surface area contributed by atoms with Gasteiger partial charge in [0, 0.05) is 22.7 Å². The van der Waals surface area contributed by atoms with Crippen LogP contribution >= 0.6 is 0 Å². The molecule has 0 radical (unpaired) electrons. The Morgan fingerprint density at radius 1 is 0.824 bits per heavy atom. The SMILES string of the molecule is Cc1ccc(-c2cc(C(=O)NN=C(c3ccccc3)c3ccccn3)c3ccccc3n2)cc1. The van der Waals surface area contributed by atoms with Crippen molar-refractivity contribution in [3.05, 3.63) is 132 Å². The van der Waals surface area contributed by atoms with E-state index in [4.69, 9.17) is 4.98 Å². The van der Waals surface area contributed by atoms with E-state index in [2.05, 4.69) is 15.5 Å². The van der Waals surface area contributed by atoms with E-state index in [0.717, 1.165) is 27.7 Å². The number of hydrazone groups is 1. The van der Waals surface area contributed by atoms with E-state index < -0.39 is 0 Å². The summed E-state index contributed by atoms with van der Waals surface area (Å²) in [5.41, 5.74) is 9.00. The van der Waals surface area contributed by atoms with Crippen LogP contribution in [-0.4, -0.2) is 21.6 Å². The fourth-order valence-electron chi connectivity index (χ4n) is 3.77. The van der Waals surface area contributed by atoms with Gasteiger partial charge >= 0.3 is 0 Å². The fourth-order valence-corrected chi connectivity index (χ4v) is 3.77. The maximum absolute atomic E-state index is 13.4. The Balaban J connectivity index is 1.56. The zero-order valence-electron chi connectivity index (χ0n) is 18.6. The molecule has 164 valence electrons. The first-order valence-corrected chi connectivity index (χ1v) is 11.0. The molecule has 5 heteroatoms. The summed E-state index contributed by atoms with van der Waals surface area (Å²) in [5.74, 6) is -0.309. The Kier molecular flexibility index (Phi) is 5.91. The van der Waals surface area contributed by atoms with Gasteiger partial charge in [0.25, 0.3) is 5.91 Å². The Morgan fingerprint density at radius 3 is 2.32 bits per heavy atom. The summed E-state index contributed by atoms with van der Waals surface area (Å²) in [4.78, 5) is 22.6. The van der Waals surface area contributed by atoms with E-state index in [9.17, 15) is 4.79 Å². The molecular weight excluding hydrogens is 420 g/mol. The average molecular weight is 443 g/mol. The van der Waals surface area contributed by atoms with Crippen molar-refractivity contribution in [3.8, 4) is 11.3 Å². The molecule has 0 saturated heterocycles. The lowest BCUT2D eigenvalue weighted by Crippen LogP contribution is -2.21. The molecule has 0 atom stereocenters. The molecule has 1 N–H and O–H groups in total. The summed E-state index contributed by atoms with van der Waals surface area (Å²) in [6, 6.07) is 32.9. The maximum Gasteiger partial charge on any atom is 0.272 e. The lowest BCUT2D eigenvalue weighted by Gasteiger charge is -2.10. The monoisotopic (exact) mass is 442 g/mol. The van der Waals surface area contributed by atoms with Crippen molar-refractivity contribution in [2.45, 2.75) is 6.92 Å². The molecule has 5 rings (SSSR count). The summed E-state index contributed by atoms with van der Waals surface area (Å²) >= 11 is 0. The van der Waals surface area contributed by atoms with E-state index in [1.807, 2.05) is 110 Å². The molecule has 0 bridgehead atoms. The van der Waals surface area contributed by atoms with E-state index in [1.54, 1.807) is 6.20 Å². The molecule has 0 fully saturated rings. The number of aromatic nitrogens is 2. The van der Waals surface area contributed by atoms with Gasteiger partial charge in [0.2, 0.25) is 0 Å². The third kappa shape index (κ3) is 4.45. The van der Waals surface area contributed by atoms with Crippen molar-refractivity contribution in [2.75, 3.05) is 0 Å². The molecule has 34 heavy (non-hydrogen) atoms. The van der Waals surface area contributed by atoms with Crippen LogP contribution in [0.1, 0.15) is 27.2 Å². The average Bonchev–Trinajstić information content (AvgIpc) is 2.90. The number of aryl methyl sites for hydroxylation is 1. The number of carbonyl (C=O) groups excluding carboxylic acids is 1. The first-order valence-electron chi connectivity index (χ1n) is 11.0. The third-order valence-electron chi connectivity index (χ3n) is 5.53. The van der Waals surface area contributed by atoms with E-state index in [1.165, 1.54) is 5.56 Å². The first kappa shape index (κ1) is 21.2. The fraction of sp³-hybridized carbons (Fsp3) is 0.0345. The van der Waals surface area contributed by atoms with Gasteiger partial charge in [-0.25, -0.2) is 10.4 Å². The number of amides is 1. The molecular formula is C29H22N4O. The standard InChI is InChI=1S/C29H22N4O/c1-20-14-16-21(17-15-20)27-19-24(23-11-5-6-12-25(23)31-27)29(34)33-32-28(22-9-3-2-4-10-22)26-13-7-8-18-30-26/h2-19H,1H3,(H,33,34). The summed E-state index contributed by atoms with van der Waals surface area (Å²) in [5, 5.41) is 5.26. The number of para-hydroxylation sites is 1. The van der Waals surface area contributed by atoms with E-state index in [-0.39, 0.29) is 5.91 Å². The van der Waals surface area contributed by atoms with Crippen molar-refractivity contribution >= 4 is 22.5 Å². The van der Waals surface area contributed by atoms with Gasteiger partial charge in [-0.15, -0.1) is 0 Å². The molecule has 5 aromatic rings. The molecule has 0 unspecified atom stereocenters. The predicted octanol–water partition coefficient (Wildman–Crippen LogP) is 5.79. The van der Waals surface area contributed by atoms with E-state index in [0.29, 0.717) is 17.0 Å². The number of fused-ring (bicyclic) bond motifs is 1. The topological polar surface area (TPSA) is 67.2 Å². The number of benzene rings is 3. The molecule has 0 saturated carbocycles. The second-order valence-electron chi connectivity index (χ2n) is 7.92. The van der Waals surface area contributed by atoms with Crippen LogP contribution in [0, 0.1) is 6.92 Å². The number of rotatable bonds is 5. The predicted molar refractivity (Wildman–Crippen MR) is 136 cm³/mol. The summed E-state index contributed by atoms with van der Waals surface area (Å²) in [7, 11) is 0. The van der Waals surface area contributed by atoms with Crippen LogP contribution in [0.5, 0.6) is 0 Å². The second-order valence-corrected chi connectivity index (χ2v) is 7.92. The van der Waals surface area contributed by atoms with Gasteiger partial charge in [0.1, 0.15) is 5.71 Å². The Morgan fingerprint density at radius 2 is 1.56 bits per heavy atom. The largest absolute Gasteiger partial charge is 0.272 e. The van der Waals surface area contributed by atoms with Crippen LogP contribution in [0.3, 0.4) is 0 Å². The van der Waals surface area contributed by atoms with Gasteiger partial charge in [-0.2, -0.15) is 5.10 Å². The van der Waals surface area contributed by atoms with Crippen molar-refractivity contribution in [3.63, 3.8) is 0 Å². The third-order valence-corrected chi connectivity index (χ3v) is 5.53. The summed E-state index contributed by atoms with van der Waals surface area (Å²) in [6.45, 7) is 2.04. The molecule has 1 amide bonds. The number of carbonyl (C=O) groups is 1. The van der Waals surface area contributed by atoms with Crippen molar-refractivity contribution in [1.82, 2.24) is 15.4 Å². The van der Waals surface area contributed by atoms with Crippen LogP contribution in [0.2, 0.25) is 0 Å². The lowest BCUT2D eigenvalue weighted by molar-refractivity contribution is 0.0956.